The zero-order valence-corrected chi connectivity index (χ0v) is 16.4. The van der Waals surface area contributed by atoms with Gasteiger partial charge in [-0.15, -0.1) is 0 Å². The van der Waals surface area contributed by atoms with Crippen LogP contribution in [0.25, 0.3) is 0 Å². The summed E-state index contributed by atoms with van der Waals surface area (Å²) in [6, 6.07) is 6.03. The van der Waals surface area contributed by atoms with E-state index in [-0.39, 0.29) is 36.0 Å². The molecule has 6 nitrogen and oxygen atoms in total. The first kappa shape index (κ1) is 19.4. The molecule has 6 heteroatoms. The SMILES string of the molecule is CCOC(=O)[C@H]1CCCN(C(=O)[C@H]2CC(=O)N(c3cc(C)cc(C)c3)C2)C1. The van der Waals surface area contributed by atoms with Crippen molar-refractivity contribution in [3.63, 3.8) is 0 Å². The number of piperidine rings is 1. The van der Waals surface area contributed by atoms with E-state index in [0.29, 0.717) is 26.2 Å². The van der Waals surface area contributed by atoms with Crippen LogP contribution in [0, 0.1) is 25.7 Å². The van der Waals surface area contributed by atoms with Crippen LogP contribution < -0.4 is 4.90 Å². The molecule has 2 fully saturated rings. The number of aryl methyl sites for hydroxylation is 2. The first-order chi connectivity index (χ1) is 12.9. The van der Waals surface area contributed by atoms with Gasteiger partial charge < -0.3 is 14.5 Å². The molecule has 146 valence electrons. The van der Waals surface area contributed by atoms with E-state index in [0.717, 1.165) is 29.7 Å². The second kappa shape index (κ2) is 8.11. The Morgan fingerprint density at radius 1 is 1.11 bits per heavy atom. The van der Waals surface area contributed by atoms with Crippen molar-refractivity contribution < 1.29 is 19.1 Å². The number of anilines is 1. The first-order valence-corrected chi connectivity index (χ1v) is 9.73. The number of nitrogens with zero attached hydrogens (tertiary/aromatic N) is 2. The zero-order valence-electron chi connectivity index (χ0n) is 16.4. The molecule has 2 aliphatic rings. The van der Waals surface area contributed by atoms with E-state index in [1.54, 1.807) is 16.7 Å². The fourth-order valence-corrected chi connectivity index (χ4v) is 4.12. The summed E-state index contributed by atoms with van der Waals surface area (Å²) in [5, 5.41) is 0. The van der Waals surface area contributed by atoms with Gasteiger partial charge in [0, 0.05) is 31.7 Å². The topological polar surface area (TPSA) is 66.9 Å². The summed E-state index contributed by atoms with van der Waals surface area (Å²) in [6.45, 7) is 7.59. The van der Waals surface area contributed by atoms with Crippen LogP contribution in [0.3, 0.4) is 0 Å². The zero-order chi connectivity index (χ0) is 19.6. The molecule has 0 unspecified atom stereocenters. The Hall–Kier alpha value is -2.37. The van der Waals surface area contributed by atoms with Crippen molar-refractivity contribution >= 4 is 23.5 Å². The number of hydrogen-bond donors (Lipinski definition) is 0. The summed E-state index contributed by atoms with van der Waals surface area (Å²) >= 11 is 0. The van der Waals surface area contributed by atoms with Crippen molar-refractivity contribution in [1.29, 1.82) is 0 Å². The van der Waals surface area contributed by atoms with Crippen molar-refractivity contribution in [3.05, 3.63) is 29.3 Å². The van der Waals surface area contributed by atoms with Gasteiger partial charge in [-0.3, -0.25) is 14.4 Å². The van der Waals surface area contributed by atoms with Crippen LogP contribution in [0.2, 0.25) is 0 Å². The monoisotopic (exact) mass is 372 g/mol. The molecule has 2 amide bonds. The highest BCUT2D eigenvalue weighted by Crippen LogP contribution is 2.29. The maximum absolute atomic E-state index is 13.0. The standard InChI is InChI=1S/C21H28N2O4/c1-4-27-21(26)16-6-5-7-22(12-16)20(25)17-11-19(24)23(13-17)18-9-14(2)8-15(3)10-18/h8-10,16-17H,4-7,11-13H2,1-3H3/t16-,17-/m0/s1. The van der Waals surface area contributed by atoms with Gasteiger partial charge in [0.05, 0.1) is 18.4 Å². The summed E-state index contributed by atoms with van der Waals surface area (Å²) in [4.78, 5) is 41.0. The van der Waals surface area contributed by atoms with E-state index in [1.807, 2.05) is 26.0 Å². The normalized spacial score (nSPS) is 22.9. The number of hydrogen-bond acceptors (Lipinski definition) is 4. The second-order valence-corrected chi connectivity index (χ2v) is 7.63. The van der Waals surface area contributed by atoms with Gasteiger partial charge >= 0.3 is 5.97 Å². The lowest BCUT2D eigenvalue weighted by Crippen LogP contribution is -2.45. The largest absolute Gasteiger partial charge is 0.466 e. The molecule has 0 N–H and O–H groups in total. The third kappa shape index (κ3) is 4.31. The van der Waals surface area contributed by atoms with Crippen LogP contribution in [0.1, 0.15) is 37.3 Å². The third-order valence-electron chi connectivity index (χ3n) is 5.35. The Kier molecular flexibility index (Phi) is 5.82. The molecular formula is C21H28N2O4. The van der Waals surface area contributed by atoms with Crippen LogP contribution in [-0.4, -0.2) is 48.9 Å². The predicted molar refractivity (Wildman–Crippen MR) is 102 cm³/mol. The van der Waals surface area contributed by atoms with Gasteiger partial charge in [-0.05, 0) is 56.9 Å². The third-order valence-corrected chi connectivity index (χ3v) is 5.35. The average molecular weight is 372 g/mol. The fraction of sp³-hybridized carbons (Fsp3) is 0.571. The van der Waals surface area contributed by atoms with Crippen LogP contribution in [0.15, 0.2) is 18.2 Å². The average Bonchev–Trinajstić information content (AvgIpc) is 3.02. The summed E-state index contributed by atoms with van der Waals surface area (Å²) < 4.78 is 5.11. The molecule has 0 aliphatic carbocycles. The predicted octanol–water partition coefficient (Wildman–Crippen LogP) is 2.46. The number of rotatable bonds is 4. The van der Waals surface area contributed by atoms with Crippen molar-refractivity contribution in [1.82, 2.24) is 4.90 Å². The van der Waals surface area contributed by atoms with Gasteiger partial charge in [-0.25, -0.2) is 0 Å². The number of esters is 1. The lowest BCUT2D eigenvalue weighted by atomic mass is 9.96. The summed E-state index contributed by atoms with van der Waals surface area (Å²) in [6.07, 6.45) is 1.77. The lowest BCUT2D eigenvalue weighted by molar-refractivity contribution is -0.152. The van der Waals surface area contributed by atoms with Crippen LogP contribution >= 0.6 is 0 Å². The molecule has 0 bridgehead atoms. The maximum atomic E-state index is 13.0. The molecule has 2 saturated heterocycles. The Bertz CT molecular complexity index is 725. The molecule has 0 aromatic heterocycles. The van der Waals surface area contributed by atoms with Crippen LogP contribution in [-0.2, 0) is 19.1 Å². The van der Waals surface area contributed by atoms with Gasteiger partial charge in [0.25, 0.3) is 0 Å². The minimum Gasteiger partial charge on any atom is -0.466 e. The summed E-state index contributed by atoms with van der Waals surface area (Å²) in [7, 11) is 0. The van der Waals surface area contributed by atoms with Crippen molar-refractivity contribution in [2.24, 2.45) is 11.8 Å². The molecule has 0 saturated carbocycles. The molecule has 2 atom stereocenters. The van der Waals surface area contributed by atoms with Crippen molar-refractivity contribution in [3.8, 4) is 0 Å². The fourth-order valence-electron chi connectivity index (χ4n) is 4.12. The minimum atomic E-state index is -0.348. The van der Waals surface area contributed by atoms with Gasteiger partial charge in [0.15, 0.2) is 0 Å². The number of likely N-dealkylation sites (tertiary alicyclic amines) is 1. The molecule has 2 heterocycles. The van der Waals surface area contributed by atoms with Gasteiger partial charge in [-0.2, -0.15) is 0 Å². The second-order valence-electron chi connectivity index (χ2n) is 7.63. The molecule has 1 aromatic rings. The Balaban J connectivity index is 1.67. The van der Waals surface area contributed by atoms with E-state index in [4.69, 9.17) is 4.74 Å². The number of carbonyl (C=O) groups excluding carboxylic acids is 3. The van der Waals surface area contributed by atoms with Gasteiger partial charge in [0.2, 0.25) is 11.8 Å². The van der Waals surface area contributed by atoms with E-state index >= 15 is 0 Å². The van der Waals surface area contributed by atoms with Crippen molar-refractivity contribution in [2.45, 2.75) is 40.0 Å². The molecule has 27 heavy (non-hydrogen) atoms. The van der Waals surface area contributed by atoms with E-state index in [2.05, 4.69) is 6.07 Å². The molecule has 0 radical (unpaired) electrons. The Labute approximate surface area is 160 Å². The quantitative estimate of drug-likeness (QED) is 0.762. The van der Waals surface area contributed by atoms with E-state index < -0.39 is 0 Å². The minimum absolute atomic E-state index is 0.0164. The lowest BCUT2D eigenvalue weighted by Gasteiger charge is -2.33. The number of ether oxygens (including phenoxy) is 1. The maximum Gasteiger partial charge on any atom is 0.310 e. The molecule has 1 aromatic carbocycles. The number of benzene rings is 1. The summed E-state index contributed by atoms with van der Waals surface area (Å²) in [5.41, 5.74) is 3.05. The molecule has 2 aliphatic heterocycles. The van der Waals surface area contributed by atoms with Gasteiger partial charge in [0.1, 0.15) is 0 Å². The summed E-state index contributed by atoms with van der Waals surface area (Å²) in [5.74, 6) is -0.870. The Morgan fingerprint density at radius 3 is 2.48 bits per heavy atom. The van der Waals surface area contributed by atoms with E-state index in [1.165, 1.54) is 0 Å². The Morgan fingerprint density at radius 2 is 1.81 bits per heavy atom. The van der Waals surface area contributed by atoms with Crippen molar-refractivity contribution in [2.75, 3.05) is 31.1 Å². The van der Waals surface area contributed by atoms with E-state index in [9.17, 15) is 14.4 Å². The highest BCUT2D eigenvalue weighted by Gasteiger charge is 2.39. The molecule has 0 spiro atoms. The number of carbonyl (C=O) groups is 3. The first-order valence-electron chi connectivity index (χ1n) is 9.73. The number of amides is 2. The molecule has 3 rings (SSSR count). The molecular weight excluding hydrogens is 344 g/mol. The van der Waals surface area contributed by atoms with Crippen LogP contribution in [0.5, 0.6) is 0 Å². The highest BCUT2D eigenvalue weighted by atomic mass is 16.5. The highest BCUT2D eigenvalue weighted by molar-refractivity contribution is 6.00. The van der Waals surface area contributed by atoms with Crippen LogP contribution in [0.4, 0.5) is 5.69 Å². The van der Waals surface area contributed by atoms with Gasteiger partial charge in [-0.1, -0.05) is 6.07 Å². The smallest absolute Gasteiger partial charge is 0.310 e.